The number of halogens is 2. The Morgan fingerprint density at radius 2 is 1.90 bits per heavy atom. The van der Waals surface area contributed by atoms with Crippen LogP contribution in [0.3, 0.4) is 0 Å². The van der Waals surface area contributed by atoms with E-state index in [0.29, 0.717) is 11.8 Å². The van der Waals surface area contributed by atoms with Crippen molar-refractivity contribution in [1.82, 2.24) is 10.2 Å². The van der Waals surface area contributed by atoms with Crippen LogP contribution in [-0.2, 0) is 10.0 Å². The summed E-state index contributed by atoms with van der Waals surface area (Å²) in [6.07, 6.45) is 0. The van der Waals surface area contributed by atoms with Gasteiger partial charge in [0, 0.05) is 17.8 Å². The van der Waals surface area contributed by atoms with Crippen molar-refractivity contribution in [3.63, 3.8) is 0 Å². The van der Waals surface area contributed by atoms with E-state index in [9.17, 15) is 17.2 Å². The minimum Gasteiger partial charge on any atom is -0.396 e. The number of nitrogens with two attached hydrogens (primary N) is 1. The van der Waals surface area contributed by atoms with Crippen molar-refractivity contribution >= 4 is 21.5 Å². The Morgan fingerprint density at radius 3 is 2.48 bits per heavy atom. The van der Waals surface area contributed by atoms with Crippen LogP contribution < -0.4 is 10.5 Å². The van der Waals surface area contributed by atoms with Gasteiger partial charge in [0.15, 0.2) is 5.82 Å². The number of rotatable bonds is 4. The van der Waals surface area contributed by atoms with E-state index in [2.05, 4.69) is 14.9 Å². The number of nitrogens with one attached hydrogen (secondary N) is 2. The Morgan fingerprint density at radius 1 is 1.24 bits per heavy atom. The van der Waals surface area contributed by atoms with E-state index < -0.39 is 32.2 Å². The molecule has 0 saturated heterocycles. The molecule has 0 aliphatic rings. The summed E-state index contributed by atoms with van der Waals surface area (Å²) in [6.45, 7) is 3.79. The van der Waals surface area contributed by atoms with E-state index in [1.807, 2.05) is 13.8 Å². The molecule has 9 heteroatoms. The number of hydrogen-bond acceptors (Lipinski definition) is 4. The fraction of sp³-hybridized carbons (Fsp3) is 0.250. The molecular weight excluding hydrogens is 302 g/mol. The predicted octanol–water partition coefficient (Wildman–Crippen LogP) is 2.19. The zero-order chi connectivity index (χ0) is 15.8. The van der Waals surface area contributed by atoms with Gasteiger partial charge in [0.25, 0.3) is 10.0 Å². The Balaban J connectivity index is 2.36. The lowest BCUT2D eigenvalue weighted by molar-refractivity contribution is 0.553. The molecule has 1 aromatic carbocycles. The number of hydrogen-bond donors (Lipinski definition) is 3. The lowest BCUT2D eigenvalue weighted by Gasteiger charge is -2.07. The summed E-state index contributed by atoms with van der Waals surface area (Å²) in [5.41, 5.74) is 5.53. The average Bonchev–Trinajstić information content (AvgIpc) is 2.81. The lowest BCUT2D eigenvalue weighted by atomic mass is 10.1. The van der Waals surface area contributed by atoms with Crippen LogP contribution in [0.1, 0.15) is 25.5 Å². The Kier molecular flexibility index (Phi) is 3.86. The monoisotopic (exact) mass is 316 g/mol. The minimum absolute atomic E-state index is 0.0148. The van der Waals surface area contributed by atoms with E-state index in [-0.39, 0.29) is 11.7 Å². The van der Waals surface area contributed by atoms with Gasteiger partial charge in [0.1, 0.15) is 16.5 Å². The van der Waals surface area contributed by atoms with Gasteiger partial charge in [-0.15, -0.1) is 0 Å². The van der Waals surface area contributed by atoms with Crippen molar-refractivity contribution < 1.29 is 17.2 Å². The maximum absolute atomic E-state index is 13.6. The van der Waals surface area contributed by atoms with Crippen molar-refractivity contribution in [2.45, 2.75) is 24.7 Å². The molecule has 6 nitrogen and oxygen atoms in total. The van der Waals surface area contributed by atoms with Crippen molar-refractivity contribution in [3.05, 3.63) is 35.5 Å². The molecule has 0 spiro atoms. The standard InChI is InChI=1S/C12H14F2N4O2S/c1-6(2)10-5-12(17-16-10)18-21(19,20)11-4-9(15)7(13)3-8(11)14/h3-6H,15H2,1-2H3,(H2,16,17,18). The first-order chi connectivity index (χ1) is 9.70. The molecule has 0 atom stereocenters. The molecule has 1 heterocycles. The molecule has 0 radical (unpaired) electrons. The van der Waals surface area contributed by atoms with Gasteiger partial charge in [-0.2, -0.15) is 5.10 Å². The van der Waals surface area contributed by atoms with E-state index in [1.165, 1.54) is 6.07 Å². The van der Waals surface area contributed by atoms with Crippen LogP contribution in [0.5, 0.6) is 0 Å². The molecule has 0 saturated carbocycles. The van der Waals surface area contributed by atoms with Crippen LogP contribution in [0, 0.1) is 11.6 Å². The minimum atomic E-state index is -4.25. The Bertz CT molecular complexity index is 772. The number of benzene rings is 1. The third-order valence-corrected chi connectivity index (χ3v) is 4.17. The second-order valence-electron chi connectivity index (χ2n) is 4.77. The van der Waals surface area contributed by atoms with Crippen LogP contribution in [-0.4, -0.2) is 18.6 Å². The number of aromatic amines is 1. The highest BCUT2D eigenvalue weighted by Gasteiger charge is 2.22. The molecule has 0 fully saturated rings. The second-order valence-corrected chi connectivity index (χ2v) is 6.42. The third kappa shape index (κ3) is 3.13. The van der Waals surface area contributed by atoms with Gasteiger partial charge in [0.05, 0.1) is 5.69 Å². The first kappa shape index (κ1) is 15.2. The van der Waals surface area contributed by atoms with Crippen molar-refractivity contribution in [1.29, 1.82) is 0 Å². The second kappa shape index (κ2) is 5.32. The molecule has 21 heavy (non-hydrogen) atoms. The van der Waals surface area contributed by atoms with E-state index in [4.69, 9.17) is 5.73 Å². The van der Waals surface area contributed by atoms with Crippen LogP contribution in [0.4, 0.5) is 20.3 Å². The molecule has 0 aliphatic carbocycles. The third-order valence-electron chi connectivity index (χ3n) is 2.80. The highest BCUT2D eigenvalue weighted by molar-refractivity contribution is 7.92. The highest BCUT2D eigenvalue weighted by Crippen LogP contribution is 2.23. The van der Waals surface area contributed by atoms with Gasteiger partial charge in [-0.1, -0.05) is 13.8 Å². The Hall–Kier alpha value is -2.16. The quantitative estimate of drug-likeness (QED) is 0.753. The normalized spacial score (nSPS) is 11.9. The van der Waals surface area contributed by atoms with Gasteiger partial charge < -0.3 is 5.73 Å². The maximum Gasteiger partial charge on any atom is 0.266 e. The molecule has 0 unspecified atom stereocenters. The molecule has 1 aromatic heterocycles. The summed E-state index contributed by atoms with van der Waals surface area (Å²) in [5.74, 6) is -2.11. The van der Waals surface area contributed by atoms with Crippen LogP contribution in [0.2, 0.25) is 0 Å². The zero-order valence-electron chi connectivity index (χ0n) is 11.3. The topological polar surface area (TPSA) is 101 Å². The van der Waals surface area contributed by atoms with Crippen molar-refractivity contribution in [2.75, 3.05) is 10.5 Å². The van der Waals surface area contributed by atoms with Gasteiger partial charge >= 0.3 is 0 Å². The SMILES string of the molecule is CC(C)c1cc(NS(=O)(=O)c2cc(N)c(F)cc2F)n[nH]1. The smallest absolute Gasteiger partial charge is 0.266 e. The number of nitrogen functional groups attached to an aromatic ring is 1. The highest BCUT2D eigenvalue weighted by atomic mass is 32.2. The zero-order valence-corrected chi connectivity index (χ0v) is 12.1. The predicted molar refractivity (Wildman–Crippen MR) is 74.3 cm³/mol. The van der Waals surface area contributed by atoms with E-state index in [0.717, 1.165) is 6.07 Å². The number of aromatic nitrogens is 2. The Labute approximate surface area is 120 Å². The summed E-state index contributed by atoms with van der Waals surface area (Å²) in [4.78, 5) is -0.740. The van der Waals surface area contributed by atoms with Crippen LogP contribution in [0.25, 0.3) is 0 Å². The summed E-state index contributed by atoms with van der Waals surface area (Å²) in [7, 11) is -4.25. The van der Waals surface area contributed by atoms with Gasteiger partial charge in [-0.25, -0.2) is 17.2 Å². The number of nitrogens with zero attached hydrogens (tertiary/aromatic N) is 1. The summed E-state index contributed by atoms with van der Waals surface area (Å²) in [5, 5.41) is 6.43. The first-order valence-corrected chi connectivity index (χ1v) is 7.51. The number of anilines is 2. The molecule has 114 valence electrons. The van der Waals surface area contributed by atoms with Gasteiger partial charge in [0.2, 0.25) is 0 Å². The molecule has 2 rings (SSSR count). The van der Waals surface area contributed by atoms with E-state index in [1.54, 1.807) is 0 Å². The van der Waals surface area contributed by atoms with Crippen LogP contribution in [0.15, 0.2) is 23.1 Å². The number of sulfonamides is 1. The van der Waals surface area contributed by atoms with Crippen molar-refractivity contribution in [3.8, 4) is 0 Å². The largest absolute Gasteiger partial charge is 0.396 e. The summed E-state index contributed by atoms with van der Waals surface area (Å²) in [6, 6.07) is 2.64. The fourth-order valence-electron chi connectivity index (χ4n) is 1.63. The molecule has 0 amide bonds. The fourth-order valence-corrected chi connectivity index (χ4v) is 2.72. The molecular formula is C12H14F2N4O2S. The first-order valence-electron chi connectivity index (χ1n) is 6.03. The summed E-state index contributed by atoms with van der Waals surface area (Å²) < 4.78 is 53.0. The summed E-state index contributed by atoms with van der Waals surface area (Å²) >= 11 is 0. The molecule has 2 aromatic rings. The van der Waals surface area contributed by atoms with Gasteiger partial charge in [-0.3, -0.25) is 9.82 Å². The maximum atomic E-state index is 13.6. The van der Waals surface area contributed by atoms with E-state index >= 15 is 0 Å². The van der Waals surface area contributed by atoms with Gasteiger partial charge in [-0.05, 0) is 12.0 Å². The molecule has 4 N–H and O–H groups in total. The molecule has 0 aliphatic heterocycles. The lowest BCUT2D eigenvalue weighted by Crippen LogP contribution is -2.15. The number of H-pyrrole nitrogens is 1. The van der Waals surface area contributed by atoms with Crippen LogP contribution >= 0.6 is 0 Å². The van der Waals surface area contributed by atoms with Crippen molar-refractivity contribution in [2.24, 2.45) is 0 Å². The molecule has 0 bridgehead atoms. The average molecular weight is 316 g/mol.